The summed E-state index contributed by atoms with van der Waals surface area (Å²) in [6.07, 6.45) is 0. The zero-order valence-corrected chi connectivity index (χ0v) is 44.8. The first-order valence-electron chi connectivity index (χ1n) is 27.3. The highest BCUT2D eigenvalue weighted by atomic mass is 16.3. The minimum Gasteiger partial charge on any atom is -0.507 e. The standard InChI is InChI=1S/C69H72N6O3/c1-46-34-55-40-70-61(49-22-10-4-11-23-49)63(51-26-14-6-15-27-51)72-42-57-36-47(2)38-59(68(57)77)44-74-65(53-30-18-8-19-31-53)66(54-32-20-9-21-33-54)75-45-60-39-48(3)37-58(69(60)78)43-73-64(52-28-16-7-17-29-52)62(50-24-12-5-13-25-50)71-41-56(35-46)67(55)76/h4-39,61-66,70-78H,40-45H2,1-3H3/t61-,62-,63-,64-,65-,66-/m1/s1. The van der Waals surface area contributed by atoms with Crippen LogP contribution in [0.25, 0.3) is 0 Å². The molecule has 78 heavy (non-hydrogen) atoms. The van der Waals surface area contributed by atoms with E-state index in [9.17, 15) is 15.3 Å². The van der Waals surface area contributed by atoms with Gasteiger partial charge in [0.2, 0.25) is 0 Å². The van der Waals surface area contributed by atoms with E-state index in [0.717, 1.165) is 83.5 Å². The van der Waals surface area contributed by atoms with Crippen molar-refractivity contribution in [2.24, 2.45) is 0 Å². The van der Waals surface area contributed by atoms with Gasteiger partial charge in [0.25, 0.3) is 0 Å². The Bertz CT molecular complexity index is 2780. The summed E-state index contributed by atoms with van der Waals surface area (Å²) in [5.74, 6) is 0.724. The fourth-order valence-corrected chi connectivity index (χ4v) is 11.5. The van der Waals surface area contributed by atoms with Gasteiger partial charge >= 0.3 is 0 Å². The number of phenolic OH excluding ortho intramolecular Hbond substituents is 3. The van der Waals surface area contributed by atoms with Gasteiger partial charge in [0.05, 0.1) is 36.3 Å². The molecule has 0 aliphatic carbocycles. The van der Waals surface area contributed by atoms with Crippen LogP contribution in [0.1, 0.15) is 120 Å². The van der Waals surface area contributed by atoms with E-state index in [1.54, 1.807) is 0 Å². The number of benzene rings is 9. The smallest absolute Gasteiger partial charge is 0.124 e. The van der Waals surface area contributed by atoms with Crippen molar-refractivity contribution in [3.05, 3.63) is 302 Å². The van der Waals surface area contributed by atoms with Gasteiger partial charge in [0.15, 0.2) is 0 Å². The summed E-state index contributed by atoms with van der Waals surface area (Å²) < 4.78 is 0. The van der Waals surface area contributed by atoms with Crippen molar-refractivity contribution in [1.29, 1.82) is 0 Å². The molecule has 1 aliphatic rings. The molecular formula is C69H72N6O3. The van der Waals surface area contributed by atoms with E-state index < -0.39 is 0 Å². The second-order valence-corrected chi connectivity index (χ2v) is 20.9. The molecule has 0 spiro atoms. The third-order valence-corrected chi connectivity index (χ3v) is 15.3. The third-order valence-electron chi connectivity index (χ3n) is 15.3. The monoisotopic (exact) mass is 1030 g/mol. The van der Waals surface area contributed by atoms with Crippen LogP contribution in [-0.4, -0.2) is 15.3 Å². The molecule has 0 radical (unpaired) electrons. The van der Waals surface area contributed by atoms with Crippen LogP contribution < -0.4 is 31.9 Å². The van der Waals surface area contributed by atoms with Crippen LogP contribution in [-0.2, 0) is 39.3 Å². The molecule has 9 nitrogen and oxygen atoms in total. The Hall–Kier alpha value is -7.86. The van der Waals surface area contributed by atoms with Crippen molar-refractivity contribution in [3.8, 4) is 17.2 Å². The van der Waals surface area contributed by atoms with Crippen LogP contribution in [0.15, 0.2) is 218 Å². The molecule has 1 heterocycles. The summed E-state index contributed by atoms with van der Waals surface area (Å²) in [7, 11) is 0. The maximum Gasteiger partial charge on any atom is 0.124 e. The number of aromatic hydroxyl groups is 3. The van der Waals surface area contributed by atoms with Gasteiger partial charge in [-0.25, -0.2) is 0 Å². The third kappa shape index (κ3) is 12.9. The molecule has 9 aromatic carbocycles. The summed E-state index contributed by atoms with van der Waals surface area (Å²) in [4.78, 5) is 0. The van der Waals surface area contributed by atoms with Crippen molar-refractivity contribution in [2.75, 3.05) is 0 Å². The zero-order chi connectivity index (χ0) is 53.8. The van der Waals surface area contributed by atoms with Crippen LogP contribution in [0.3, 0.4) is 0 Å². The van der Waals surface area contributed by atoms with Crippen molar-refractivity contribution in [1.82, 2.24) is 31.9 Å². The minimum atomic E-state index is -0.247. The predicted octanol–water partition coefficient (Wildman–Crippen LogP) is 13.1. The summed E-state index contributed by atoms with van der Waals surface area (Å²) >= 11 is 0. The minimum absolute atomic E-state index is 0.241. The second kappa shape index (κ2) is 25.5. The second-order valence-electron chi connectivity index (χ2n) is 20.9. The fourth-order valence-electron chi connectivity index (χ4n) is 11.5. The van der Waals surface area contributed by atoms with E-state index in [1.807, 2.05) is 36.4 Å². The molecule has 1 aliphatic heterocycles. The van der Waals surface area contributed by atoms with Crippen LogP contribution in [0.2, 0.25) is 0 Å². The first-order chi connectivity index (χ1) is 38.2. The van der Waals surface area contributed by atoms with E-state index in [4.69, 9.17) is 0 Å². The van der Waals surface area contributed by atoms with Gasteiger partial charge in [-0.1, -0.05) is 235 Å². The van der Waals surface area contributed by atoms with Gasteiger partial charge in [-0.15, -0.1) is 0 Å². The number of hydrogen-bond acceptors (Lipinski definition) is 9. The van der Waals surface area contributed by atoms with E-state index in [0.29, 0.717) is 39.3 Å². The Balaban J connectivity index is 1.09. The van der Waals surface area contributed by atoms with Gasteiger partial charge in [-0.2, -0.15) is 0 Å². The number of phenols is 3. The Morgan fingerprint density at radius 2 is 0.385 bits per heavy atom. The summed E-state index contributed by atoms with van der Waals surface area (Å²) in [6, 6.07) is 73.8. The molecule has 9 heteroatoms. The van der Waals surface area contributed by atoms with Crippen molar-refractivity contribution >= 4 is 0 Å². The molecule has 6 atom stereocenters. The Morgan fingerprint density at radius 3 is 0.526 bits per heavy atom. The number of nitrogens with one attached hydrogen (secondary N) is 6. The Kier molecular flexibility index (Phi) is 17.5. The number of aryl methyl sites for hydroxylation is 3. The summed E-state index contributed by atoms with van der Waals surface area (Å²) in [5.41, 5.74) is 14.4. The molecule has 9 N–H and O–H groups in total. The highest BCUT2D eigenvalue weighted by Gasteiger charge is 2.30. The number of rotatable bonds is 6. The van der Waals surface area contributed by atoms with Crippen molar-refractivity contribution in [2.45, 2.75) is 96.3 Å². The van der Waals surface area contributed by atoms with Gasteiger partial charge in [0.1, 0.15) is 17.2 Å². The van der Waals surface area contributed by atoms with E-state index in [-0.39, 0.29) is 53.5 Å². The van der Waals surface area contributed by atoms with Gasteiger partial charge in [-0.3, -0.25) is 0 Å². The first-order valence-corrected chi connectivity index (χ1v) is 27.3. The van der Waals surface area contributed by atoms with E-state index >= 15 is 0 Å². The zero-order valence-electron chi connectivity index (χ0n) is 44.8. The summed E-state index contributed by atoms with van der Waals surface area (Å²) in [6.45, 7) is 8.56. The molecule has 0 unspecified atom stereocenters. The van der Waals surface area contributed by atoms with Crippen molar-refractivity contribution in [3.63, 3.8) is 0 Å². The molecule has 0 amide bonds. The van der Waals surface area contributed by atoms with Gasteiger partial charge in [-0.05, 0) is 54.2 Å². The van der Waals surface area contributed by atoms with E-state index in [1.165, 1.54) is 0 Å². The largest absolute Gasteiger partial charge is 0.507 e. The SMILES string of the molecule is Cc1cc2c(O)c(c1)CN[C@H](c1ccccc1)[C@@H](c1ccccc1)NCc1cc(C)cc(c1O)CN[C@H](c1ccccc1)[C@@H](c1ccccc1)NCc1cc(C)cc(c1O)CN[C@H](c1ccccc1)[C@@H](c1ccccc1)NC2. The molecule has 0 fully saturated rings. The predicted molar refractivity (Wildman–Crippen MR) is 315 cm³/mol. The number of fused-ring (bicyclic) bond motifs is 6. The molecule has 10 rings (SSSR count). The summed E-state index contributed by atoms with van der Waals surface area (Å²) in [5, 5.41) is 60.5. The normalized spacial score (nSPS) is 20.0. The lowest BCUT2D eigenvalue weighted by Gasteiger charge is -2.31. The molecule has 396 valence electrons. The average molecular weight is 1030 g/mol. The quantitative estimate of drug-likeness (QED) is 0.0799. The highest BCUT2D eigenvalue weighted by molar-refractivity contribution is 5.47. The lowest BCUT2D eigenvalue weighted by atomic mass is 9.92. The molecule has 6 bridgehead atoms. The first kappa shape index (κ1) is 53.5. The number of hydrogen-bond donors (Lipinski definition) is 9. The molecule has 0 saturated heterocycles. The Labute approximate surface area is 460 Å². The Morgan fingerprint density at radius 1 is 0.244 bits per heavy atom. The average Bonchev–Trinajstić information content (AvgIpc) is 3.51. The molecule has 9 aromatic rings. The maximum absolute atomic E-state index is 12.3. The van der Waals surface area contributed by atoms with Crippen molar-refractivity contribution < 1.29 is 15.3 Å². The van der Waals surface area contributed by atoms with Gasteiger partial charge < -0.3 is 47.2 Å². The molecule has 0 aromatic heterocycles. The highest BCUT2D eigenvalue weighted by Crippen LogP contribution is 2.37. The van der Waals surface area contributed by atoms with Gasteiger partial charge in [0, 0.05) is 72.6 Å². The van der Waals surface area contributed by atoms with Crippen LogP contribution in [0.5, 0.6) is 17.2 Å². The van der Waals surface area contributed by atoms with Crippen LogP contribution >= 0.6 is 0 Å². The van der Waals surface area contributed by atoms with E-state index in [2.05, 4.69) is 235 Å². The fraction of sp³-hybridized carbons (Fsp3) is 0.217. The lowest BCUT2D eigenvalue weighted by Crippen LogP contribution is -2.35. The molecular weight excluding hydrogens is 961 g/mol. The topological polar surface area (TPSA) is 133 Å². The van der Waals surface area contributed by atoms with Crippen LogP contribution in [0.4, 0.5) is 0 Å². The lowest BCUT2D eigenvalue weighted by molar-refractivity contribution is 0.367. The molecule has 0 saturated carbocycles. The van der Waals surface area contributed by atoms with Crippen LogP contribution in [0, 0.1) is 20.8 Å². The maximum atomic E-state index is 12.3.